The number of nitrogens with one attached hydrogen (secondary N) is 1. The lowest BCUT2D eigenvalue weighted by Crippen LogP contribution is -2.35. The van der Waals surface area contributed by atoms with Crippen LogP contribution in [0.15, 0.2) is 24.3 Å². The van der Waals surface area contributed by atoms with E-state index in [-0.39, 0.29) is 5.82 Å². The Kier molecular flexibility index (Phi) is 3.21. The second kappa shape index (κ2) is 4.62. The first-order valence-corrected chi connectivity index (χ1v) is 5.46. The minimum atomic E-state index is -0.168. The van der Waals surface area contributed by atoms with Crippen LogP contribution in [-0.4, -0.2) is 26.2 Å². The molecule has 1 aliphatic heterocycles. The summed E-state index contributed by atoms with van der Waals surface area (Å²) in [6, 6.07) is 7.31. The summed E-state index contributed by atoms with van der Waals surface area (Å²) in [6.07, 6.45) is 2.47. The number of benzene rings is 1. The van der Waals surface area contributed by atoms with E-state index in [1.54, 1.807) is 12.1 Å². The largest absolute Gasteiger partial charge is 0.373 e. The molecule has 1 saturated heterocycles. The smallest absolute Gasteiger partial charge is 0.125 e. The van der Waals surface area contributed by atoms with Crippen LogP contribution in [0, 0.1) is 5.82 Å². The summed E-state index contributed by atoms with van der Waals surface area (Å²) < 4.78 is 13.0. The van der Waals surface area contributed by atoms with E-state index < -0.39 is 0 Å². The van der Waals surface area contributed by atoms with Crippen molar-refractivity contribution >= 4 is 5.69 Å². The van der Waals surface area contributed by atoms with Crippen LogP contribution in [0.5, 0.6) is 0 Å². The molecule has 82 valence electrons. The Morgan fingerprint density at radius 1 is 1.53 bits per heavy atom. The molecule has 0 saturated carbocycles. The second-order valence-corrected chi connectivity index (χ2v) is 4.15. The molecular formula is C12H17FN2. The van der Waals surface area contributed by atoms with Crippen LogP contribution in [0.3, 0.4) is 0 Å². The summed E-state index contributed by atoms with van der Waals surface area (Å²) in [4.78, 5) is 2.10. The highest BCUT2D eigenvalue weighted by molar-refractivity contribution is 5.45. The normalized spacial score (nSPS) is 20.5. The summed E-state index contributed by atoms with van der Waals surface area (Å²) in [5.74, 6) is -0.168. The Bertz CT molecular complexity index is 321. The first kappa shape index (κ1) is 10.4. The third-order valence-corrected chi connectivity index (χ3v) is 2.91. The van der Waals surface area contributed by atoms with Gasteiger partial charge in [0.1, 0.15) is 5.82 Å². The molecule has 0 bridgehead atoms. The van der Waals surface area contributed by atoms with Crippen LogP contribution in [0.4, 0.5) is 10.1 Å². The molecule has 1 aromatic carbocycles. The lowest BCUT2D eigenvalue weighted by Gasteiger charge is -2.23. The second-order valence-electron chi connectivity index (χ2n) is 4.15. The van der Waals surface area contributed by atoms with Gasteiger partial charge in [-0.05, 0) is 37.6 Å². The molecule has 1 fully saturated rings. The molecule has 2 rings (SSSR count). The quantitative estimate of drug-likeness (QED) is 0.817. The van der Waals surface area contributed by atoms with Gasteiger partial charge in [0.15, 0.2) is 0 Å². The molecule has 0 aliphatic carbocycles. The van der Waals surface area contributed by atoms with Gasteiger partial charge < -0.3 is 10.2 Å². The fourth-order valence-corrected chi connectivity index (χ4v) is 2.06. The Balaban J connectivity index is 1.97. The topological polar surface area (TPSA) is 15.3 Å². The fourth-order valence-electron chi connectivity index (χ4n) is 2.06. The van der Waals surface area contributed by atoms with E-state index in [0.29, 0.717) is 6.04 Å². The van der Waals surface area contributed by atoms with Crippen molar-refractivity contribution in [3.63, 3.8) is 0 Å². The molecule has 1 heterocycles. The third-order valence-electron chi connectivity index (χ3n) is 2.91. The van der Waals surface area contributed by atoms with E-state index in [9.17, 15) is 4.39 Å². The van der Waals surface area contributed by atoms with Crippen LogP contribution in [0.2, 0.25) is 0 Å². The van der Waals surface area contributed by atoms with Crippen LogP contribution in [0.25, 0.3) is 0 Å². The SMILES string of the molecule is CN(CC1CCCN1)c1cccc(F)c1. The monoisotopic (exact) mass is 208 g/mol. The Hall–Kier alpha value is -1.09. The number of rotatable bonds is 3. The Morgan fingerprint density at radius 3 is 3.07 bits per heavy atom. The van der Waals surface area contributed by atoms with E-state index in [1.165, 1.54) is 18.9 Å². The summed E-state index contributed by atoms with van der Waals surface area (Å²) in [7, 11) is 2.01. The molecule has 0 aromatic heterocycles. The van der Waals surface area contributed by atoms with Gasteiger partial charge in [0.2, 0.25) is 0 Å². The minimum Gasteiger partial charge on any atom is -0.373 e. The zero-order valence-corrected chi connectivity index (χ0v) is 9.04. The van der Waals surface area contributed by atoms with Crippen molar-refractivity contribution in [2.24, 2.45) is 0 Å². The van der Waals surface area contributed by atoms with Gasteiger partial charge in [-0.25, -0.2) is 4.39 Å². The average molecular weight is 208 g/mol. The van der Waals surface area contributed by atoms with E-state index >= 15 is 0 Å². The van der Waals surface area contributed by atoms with Crippen molar-refractivity contribution in [3.05, 3.63) is 30.1 Å². The highest BCUT2D eigenvalue weighted by Gasteiger charge is 2.16. The Labute approximate surface area is 90.1 Å². The summed E-state index contributed by atoms with van der Waals surface area (Å²) in [6.45, 7) is 2.06. The van der Waals surface area contributed by atoms with Crippen molar-refractivity contribution in [1.29, 1.82) is 0 Å². The van der Waals surface area contributed by atoms with Gasteiger partial charge in [-0.1, -0.05) is 6.07 Å². The standard InChI is InChI=1S/C12H17FN2/c1-15(9-11-5-3-7-14-11)12-6-2-4-10(13)8-12/h2,4,6,8,11,14H,3,5,7,9H2,1H3. The van der Waals surface area contributed by atoms with Crippen LogP contribution in [0.1, 0.15) is 12.8 Å². The van der Waals surface area contributed by atoms with Gasteiger partial charge in [0.05, 0.1) is 0 Å². The van der Waals surface area contributed by atoms with E-state index in [1.807, 2.05) is 13.1 Å². The molecule has 1 atom stereocenters. The van der Waals surface area contributed by atoms with Gasteiger partial charge in [-0.2, -0.15) is 0 Å². The first-order valence-electron chi connectivity index (χ1n) is 5.46. The van der Waals surface area contributed by atoms with E-state index in [0.717, 1.165) is 18.8 Å². The van der Waals surface area contributed by atoms with Crippen molar-refractivity contribution in [2.45, 2.75) is 18.9 Å². The lowest BCUT2D eigenvalue weighted by molar-refractivity contribution is 0.596. The van der Waals surface area contributed by atoms with Crippen LogP contribution >= 0.6 is 0 Å². The molecule has 1 aliphatic rings. The van der Waals surface area contributed by atoms with Gasteiger partial charge in [-0.15, -0.1) is 0 Å². The van der Waals surface area contributed by atoms with Gasteiger partial charge >= 0.3 is 0 Å². The molecule has 0 amide bonds. The lowest BCUT2D eigenvalue weighted by atomic mass is 10.2. The average Bonchev–Trinajstić information content (AvgIpc) is 2.70. The first-order chi connectivity index (χ1) is 7.25. The molecule has 3 heteroatoms. The third kappa shape index (κ3) is 2.69. The maximum atomic E-state index is 13.0. The number of hydrogen-bond acceptors (Lipinski definition) is 2. The predicted octanol–water partition coefficient (Wildman–Crippen LogP) is 2.01. The van der Waals surface area contributed by atoms with Gasteiger partial charge in [-0.3, -0.25) is 0 Å². The molecule has 0 radical (unpaired) electrons. The summed E-state index contributed by atoms with van der Waals surface area (Å²) >= 11 is 0. The highest BCUT2D eigenvalue weighted by atomic mass is 19.1. The number of anilines is 1. The molecule has 2 nitrogen and oxygen atoms in total. The van der Waals surface area contributed by atoms with Gasteiger partial charge in [0, 0.05) is 25.3 Å². The van der Waals surface area contributed by atoms with E-state index in [4.69, 9.17) is 0 Å². The number of likely N-dealkylation sites (N-methyl/N-ethyl adjacent to an activating group) is 1. The molecule has 1 N–H and O–H groups in total. The zero-order chi connectivity index (χ0) is 10.7. The maximum absolute atomic E-state index is 13.0. The molecule has 15 heavy (non-hydrogen) atoms. The van der Waals surface area contributed by atoms with Crippen LogP contribution < -0.4 is 10.2 Å². The number of halogens is 1. The predicted molar refractivity (Wildman–Crippen MR) is 60.7 cm³/mol. The fraction of sp³-hybridized carbons (Fsp3) is 0.500. The Morgan fingerprint density at radius 2 is 2.40 bits per heavy atom. The van der Waals surface area contributed by atoms with Crippen molar-refractivity contribution < 1.29 is 4.39 Å². The molecule has 1 unspecified atom stereocenters. The zero-order valence-electron chi connectivity index (χ0n) is 9.04. The summed E-state index contributed by atoms with van der Waals surface area (Å²) in [5.41, 5.74) is 0.948. The highest BCUT2D eigenvalue weighted by Crippen LogP contribution is 2.15. The van der Waals surface area contributed by atoms with Crippen molar-refractivity contribution in [3.8, 4) is 0 Å². The number of hydrogen-bond donors (Lipinski definition) is 1. The van der Waals surface area contributed by atoms with Gasteiger partial charge in [0.25, 0.3) is 0 Å². The van der Waals surface area contributed by atoms with E-state index in [2.05, 4.69) is 10.2 Å². The minimum absolute atomic E-state index is 0.168. The maximum Gasteiger partial charge on any atom is 0.125 e. The number of nitrogens with zero attached hydrogens (tertiary/aromatic N) is 1. The van der Waals surface area contributed by atoms with Crippen LogP contribution in [-0.2, 0) is 0 Å². The molecule has 1 aromatic rings. The molecular weight excluding hydrogens is 191 g/mol. The summed E-state index contributed by atoms with van der Waals surface area (Å²) in [5, 5.41) is 3.44. The van der Waals surface area contributed by atoms with Crippen molar-refractivity contribution in [2.75, 3.05) is 25.0 Å². The molecule has 0 spiro atoms. The van der Waals surface area contributed by atoms with Crippen molar-refractivity contribution in [1.82, 2.24) is 5.32 Å².